The molecule has 2 aliphatic heterocycles. The third kappa shape index (κ3) is 2.35. The number of allylic oxidation sites excluding steroid dienone is 4. The Kier molecular flexibility index (Phi) is 3.51. The maximum Gasteiger partial charge on any atom is 0.270 e. The van der Waals surface area contributed by atoms with E-state index in [1.54, 1.807) is 18.2 Å². The molecule has 2 heterocycles. The summed E-state index contributed by atoms with van der Waals surface area (Å²) in [6.45, 7) is 6.36. The van der Waals surface area contributed by atoms with Gasteiger partial charge in [-0.1, -0.05) is 43.7 Å². The molecular weight excluding hydrogens is 328 g/mol. The normalized spacial score (nSPS) is 25.5. The number of nitrogens with zero attached hydrogens (tertiary/aromatic N) is 2. The predicted molar refractivity (Wildman–Crippen MR) is 102 cm³/mol. The van der Waals surface area contributed by atoms with Gasteiger partial charge in [-0.3, -0.25) is 14.9 Å². The van der Waals surface area contributed by atoms with Crippen molar-refractivity contribution in [3.8, 4) is 0 Å². The predicted octanol–water partition coefficient (Wildman–Crippen LogP) is 4.42. The van der Waals surface area contributed by atoms with Crippen molar-refractivity contribution in [2.75, 3.05) is 4.90 Å². The number of fused-ring (bicyclic) bond motifs is 3. The van der Waals surface area contributed by atoms with Crippen molar-refractivity contribution in [1.29, 1.82) is 0 Å². The van der Waals surface area contributed by atoms with Crippen molar-refractivity contribution in [3.63, 3.8) is 0 Å². The fourth-order valence-corrected chi connectivity index (χ4v) is 4.40. The van der Waals surface area contributed by atoms with Gasteiger partial charge in [-0.05, 0) is 24.5 Å². The average Bonchev–Trinajstić information content (AvgIpc) is 2.90. The molecule has 5 heteroatoms. The van der Waals surface area contributed by atoms with Crippen LogP contribution in [-0.4, -0.2) is 16.7 Å². The summed E-state index contributed by atoms with van der Waals surface area (Å²) in [5.41, 5.74) is 3.52. The molecule has 0 N–H and O–H groups in total. The molecule has 1 aromatic carbocycles. The van der Waals surface area contributed by atoms with E-state index in [1.807, 2.05) is 23.1 Å². The second-order valence-electron chi connectivity index (χ2n) is 7.69. The lowest BCUT2D eigenvalue weighted by Crippen LogP contribution is -2.47. The number of hydrogen-bond acceptors (Lipinski definition) is 4. The molecule has 132 valence electrons. The first kappa shape index (κ1) is 16.5. The summed E-state index contributed by atoms with van der Waals surface area (Å²) in [5.74, 6) is 0.111. The summed E-state index contributed by atoms with van der Waals surface area (Å²) >= 11 is 0. The minimum Gasteiger partial charge on any atom is -0.329 e. The number of ketones is 1. The molecule has 0 aromatic heterocycles. The van der Waals surface area contributed by atoms with Crippen molar-refractivity contribution < 1.29 is 9.72 Å². The highest BCUT2D eigenvalue weighted by molar-refractivity contribution is 6.05. The Balaban J connectivity index is 1.83. The summed E-state index contributed by atoms with van der Waals surface area (Å²) in [6.07, 6.45) is 11.7. The van der Waals surface area contributed by atoms with E-state index >= 15 is 0 Å². The smallest absolute Gasteiger partial charge is 0.270 e. The van der Waals surface area contributed by atoms with Crippen LogP contribution in [0.3, 0.4) is 0 Å². The largest absolute Gasteiger partial charge is 0.329 e. The molecule has 2 unspecified atom stereocenters. The van der Waals surface area contributed by atoms with Crippen LogP contribution in [0.5, 0.6) is 0 Å². The first-order chi connectivity index (χ1) is 12.3. The lowest BCUT2D eigenvalue weighted by molar-refractivity contribution is -0.384. The molecule has 26 heavy (non-hydrogen) atoms. The lowest BCUT2D eigenvalue weighted by Gasteiger charge is -2.43. The Morgan fingerprint density at radius 2 is 2.00 bits per heavy atom. The number of nitro groups is 1. The van der Waals surface area contributed by atoms with Gasteiger partial charge in [0.1, 0.15) is 6.04 Å². The van der Waals surface area contributed by atoms with E-state index in [-0.39, 0.29) is 28.8 Å². The third-order valence-corrected chi connectivity index (χ3v) is 5.55. The highest BCUT2D eigenvalue weighted by atomic mass is 16.6. The molecule has 0 spiro atoms. The van der Waals surface area contributed by atoms with Crippen molar-refractivity contribution >= 4 is 23.2 Å². The summed E-state index contributed by atoms with van der Waals surface area (Å²) in [7, 11) is 0. The summed E-state index contributed by atoms with van der Waals surface area (Å²) < 4.78 is 0. The SMILES string of the molecule is CC1=CC=CC(C)(C)C1C1C(=O)C=C2C=Cc3cc([N+](=O)[O-])ccc3N21. The quantitative estimate of drug-likeness (QED) is 0.586. The van der Waals surface area contributed by atoms with Crippen LogP contribution in [0.1, 0.15) is 26.3 Å². The molecule has 0 radical (unpaired) electrons. The van der Waals surface area contributed by atoms with Gasteiger partial charge >= 0.3 is 0 Å². The number of rotatable bonds is 2. The van der Waals surface area contributed by atoms with Crippen LogP contribution in [0.4, 0.5) is 11.4 Å². The molecule has 2 atom stereocenters. The number of carbonyl (C=O) groups is 1. The Bertz CT molecular complexity index is 950. The number of nitro benzene ring substituents is 1. The molecule has 3 aliphatic rings. The monoisotopic (exact) mass is 348 g/mol. The Labute approximate surface area is 152 Å². The standard InChI is InChI=1S/C21H20N2O3/c1-13-5-4-10-21(2,3)19(13)20-18(24)12-15-7-6-14-11-16(23(25)26)8-9-17(14)22(15)20/h4-12,19-20H,1-3H3. The maximum absolute atomic E-state index is 12.9. The van der Waals surface area contributed by atoms with E-state index in [0.29, 0.717) is 0 Å². The molecule has 5 nitrogen and oxygen atoms in total. The van der Waals surface area contributed by atoms with E-state index in [1.165, 1.54) is 11.6 Å². The lowest BCUT2D eigenvalue weighted by atomic mass is 9.67. The van der Waals surface area contributed by atoms with E-state index in [0.717, 1.165) is 16.9 Å². The maximum atomic E-state index is 12.9. The van der Waals surface area contributed by atoms with Gasteiger partial charge in [-0.25, -0.2) is 0 Å². The van der Waals surface area contributed by atoms with Gasteiger partial charge < -0.3 is 4.90 Å². The molecule has 1 aliphatic carbocycles. The minimum absolute atomic E-state index is 0.0308. The number of hydrogen-bond donors (Lipinski definition) is 0. The zero-order chi connectivity index (χ0) is 18.6. The molecular formula is C21H20N2O3. The first-order valence-electron chi connectivity index (χ1n) is 8.67. The molecule has 4 rings (SSSR count). The molecule has 0 fully saturated rings. The van der Waals surface area contributed by atoms with E-state index in [4.69, 9.17) is 0 Å². The summed E-state index contributed by atoms with van der Waals surface area (Å²) in [6, 6.07) is 4.48. The highest BCUT2D eigenvalue weighted by Gasteiger charge is 2.47. The Hall–Kier alpha value is -2.95. The zero-order valence-corrected chi connectivity index (χ0v) is 15.0. The third-order valence-electron chi connectivity index (χ3n) is 5.55. The summed E-state index contributed by atoms with van der Waals surface area (Å²) in [4.78, 5) is 25.7. The van der Waals surface area contributed by atoms with Crippen LogP contribution in [0.25, 0.3) is 6.08 Å². The number of carbonyl (C=O) groups excluding carboxylic acids is 1. The second-order valence-corrected chi connectivity index (χ2v) is 7.69. The van der Waals surface area contributed by atoms with Crippen LogP contribution < -0.4 is 4.90 Å². The minimum atomic E-state index is -0.395. The van der Waals surface area contributed by atoms with Gasteiger partial charge in [0, 0.05) is 41.1 Å². The Morgan fingerprint density at radius 3 is 2.69 bits per heavy atom. The van der Waals surface area contributed by atoms with Crippen molar-refractivity contribution in [3.05, 3.63) is 75.5 Å². The van der Waals surface area contributed by atoms with Crippen molar-refractivity contribution in [1.82, 2.24) is 0 Å². The molecule has 1 aromatic rings. The topological polar surface area (TPSA) is 63.4 Å². The van der Waals surface area contributed by atoms with Crippen molar-refractivity contribution in [2.45, 2.75) is 26.8 Å². The van der Waals surface area contributed by atoms with E-state index in [2.05, 4.69) is 32.9 Å². The molecule has 0 amide bonds. The molecule has 0 saturated heterocycles. The van der Waals surface area contributed by atoms with Gasteiger partial charge in [0.25, 0.3) is 5.69 Å². The van der Waals surface area contributed by atoms with Gasteiger partial charge in [0.2, 0.25) is 0 Å². The first-order valence-corrected chi connectivity index (χ1v) is 8.67. The fourth-order valence-electron chi connectivity index (χ4n) is 4.40. The average molecular weight is 348 g/mol. The molecule has 0 bridgehead atoms. The van der Waals surface area contributed by atoms with Gasteiger partial charge in [0.15, 0.2) is 5.78 Å². The number of anilines is 1. The van der Waals surface area contributed by atoms with Crippen LogP contribution >= 0.6 is 0 Å². The zero-order valence-electron chi connectivity index (χ0n) is 15.0. The number of benzene rings is 1. The van der Waals surface area contributed by atoms with Crippen molar-refractivity contribution in [2.24, 2.45) is 11.3 Å². The van der Waals surface area contributed by atoms with Crippen LogP contribution in [0.2, 0.25) is 0 Å². The molecule has 0 saturated carbocycles. The second kappa shape index (κ2) is 5.53. The van der Waals surface area contributed by atoms with Crippen LogP contribution in [-0.2, 0) is 4.79 Å². The van der Waals surface area contributed by atoms with Gasteiger partial charge in [0.05, 0.1) is 4.92 Å². The number of non-ortho nitro benzene ring substituents is 1. The highest BCUT2D eigenvalue weighted by Crippen LogP contribution is 2.47. The summed E-state index contributed by atoms with van der Waals surface area (Å²) in [5, 5.41) is 11.1. The van der Waals surface area contributed by atoms with Gasteiger partial charge in [-0.2, -0.15) is 0 Å². The van der Waals surface area contributed by atoms with Gasteiger partial charge in [-0.15, -0.1) is 0 Å². The van der Waals surface area contributed by atoms with E-state index in [9.17, 15) is 14.9 Å². The van der Waals surface area contributed by atoms with E-state index < -0.39 is 4.92 Å². The fraction of sp³-hybridized carbons (Fsp3) is 0.286. The van der Waals surface area contributed by atoms with Crippen LogP contribution in [0, 0.1) is 21.4 Å². The van der Waals surface area contributed by atoms with Crippen LogP contribution in [0.15, 0.2) is 59.8 Å². The Morgan fingerprint density at radius 1 is 1.23 bits per heavy atom.